The summed E-state index contributed by atoms with van der Waals surface area (Å²) in [6, 6.07) is 2.94. The molecule has 0 unspecified atom stereocenters. The Hall–Kier alpha value is -2.05. The standard InChI is InChI=1S/C23H29F3O8S/c1-21(2,34-22-11-14-7-15(12-22)9-16(8-14)13-22)32-19-10-17(3-4-18(19)33-23(24,25)26)20(27)31-5-6-35(28,29)30/h3-4,10,14-16H,5-9,11-13H2,1-2H3,(H,28,29,30)/p-1. The zero-order valence-electron chi connectivity index (χ0n) is 19.4. The number of hydrogen-bond acceptors (Lipinski definition) is 8. The smallest absolute Gasteiger partial charge is 0.573 e. The lowest BCUT2D eigenvalue weighted by Gasteiger charge is -2.57. The van der Waals surface area contributed by atoms with Crippen molar-refractivity contribution in [1.29, 1.82) is 0 Å². The fourth-order valence-electron chi connectivity index (χ4n) is 6.21. The van der Waals surface area contributed by atoms with Crippen LogP contribution in [0.3, 0.4) is 0 Å². The minimum absolute atomic E-state index is 0.205. The van der Waals surface area contributed by atoms with E-state index in [2.05, 4.69) is 4.74 Å². The molecule has 35 heavy (non-hydrogen) atoms. The number of halogens is 3. The van der Waals surface area contributed by atoms with E-state index in [1.807, 2.05) is 0 Å². The van der Waals surface area contributed by atoms with Crippen molar-refractivity contribution in [3.05, 3.63) is 23.8 Å². The second-order valence-electron chi connectivity index (χ2n) is 10.3. The summed E-state index contributed by atoms with van der Waals surface area (Å²) >= 11 is 0. The van der Waals surface area contributed by atoms with Crippen LogP contribution in [0.4, 0.5) is 13.2 Å². The van der Waals surface area contributed by atoms with E-state index >= 15 is 0 Å². The Kier molecular flexibility index (Phi) is 6.78. The van der Waals surface area contributed by atoms with Gasteiger partial charge in [-0.2, -0.15) is 0 Å². The maximum atomic E-state index is 13.0. The lowest BCUT2D eigenvalue weighted by molar-refractivity contribution is -0.283. The van der Waals surface area contributed by atoms with Gasteiger partial charge < -0.3 is 23.5 Å². The van der Waals surface area contributed by atoms with E-state index in [1.165, 1.54) is 19.3 Å². The van der Waals surface area contributed by atoms with Crippen LogP contribution < -0.4 is 9.47 Å². The number of carbonyl (C=O) groups excluding carboxylic acids is 1. The minimum Gasteiger partial charge on any atom is -0.748 e. The van der Waals surface area contributed by atoms with Gasteiger partial charge in [-0.05, 0) is 74.5 Å². The third-order valence-corrected chi connectivity index (χ3v) is 7.44. The summed E-state index contributed by atoms with van der Waals surface area (Å²) in [6.45, 7) is 2.52. The van der Waals surface area contributed by atoms with E-state index in [1.54, 1.807) is 13.8 Å². The number of ether oxygens (including phenoxy) is 4. The molecular weight excluding hydrogens is 493 g/mol. The van der Waals surface area contributed by atoms with Gasteiger partial charge >= 0.3 is 12.3 Å². The number of esters is 1. The molecule has 0 heterocycles. The molecule has 0 aliphatic heterocycles. The van der Waals surface area contributed by atoms with Crippen molar-refractivity contribution < 1.29 is 49.9 Å². The molecule has 0 N–H and O–H groups in total. The van der Waals surface area contributed by atoms with Gasteiger partial charge in [0.05, 0.1) is 27.0 Å². The molecule has 4 aliphatic carbocycles. The van der Waals surface area contributed by atoms with E-state index in [0.717, 1.165) is 37.5 Å². The Morgan fingerprint density at radius 1 is 1.03 bits per heavy atom. The largest absolute Gasteiger partial charge is 0.748 e. The van der Waals surface area contributed by atoms with Gasteiger partial charge in [0.15, 0.2) is 11.5 Å². The van der Waals surface area contributed by atoms with Crippen molar-refractivity contribution in [3.63, 3.8) is 0 Å². The van der Waals surface area contributed by atoms with E-state index in [9.17, 15) is 30.9 Å². The van der Waals surface area contributed by atoms with Gasteiger partial charge in [0.1, 0.15) is 6.61 Å². The number of benzene rings is 1. The van der Waals surface area contributed by atoms with Gasteiger partial charge in [-0.25, -0.2) is 13.2 Å². The highest BCUT2D eigenvalue weighted by Gasteiger charge is 2.54. The van der Waals surface area contributed by atoms with E-state index in [4.69, 9.17) is 14.2 Å². The Balaban J connectivity index is 1.52. The first-order valence-electron chi connectivity index (χ1n) is 11.5. The van der Waals surface area contributed by atoms with Crippen LogP contribution >= 0.6 is 0 Å². The monoisotopic (exact) mass is 521 g/mol. The SMILES string of the molecule is CC(C)(Oc1cc(C(=O)OCCS(=O)(=O)[O-])ccc1OC(F)(F)F)OC12CC3CC(CC(C3)C1)C2. The molecule has 1 aromatic carbocycles. The lowest BCUT2D eigenvalue weighted by Crippen LogP contribution is -2.55. The first-order valence-corrected chi connectivity index (χ1v) is 13.1. The molecule has 0 amide bonds. The molecular formula is C23H28F3O8S-. The third-order valence-electron chi connectivity index (χ3n) is 6.77. The average molecular weight is 522 g/mol. The Bertz CT molecular complexity index is 1030. The molecule has 4 aliphatic rings. The summed E-state index contributed by atoms with van der Waals surface area (Å²) in [4.78, 5) is 12.3. The Morgan fingerprint density at radius 2 is 1.60 bits per heavy atom. The Morgan fingerprint density at radius 3 is 2.11 bits per heavy atom. The average Bonchev–Trinajstić information content (AvgIpc) is 2.65. The highest BCUT2D eigenvalue weighted by molar-refractivity contribution is 7.85. The van der Waals surface area contributed by atoms with Crippen molar-refractivity contribution >= 4 is 16.1 Å². The molecule has 1 aromatic rings. The number of rotatable bonds is 9. The second-order valence-corrected chi connectivity index (χ2v) is 11.8. The van der Waals surface area contributed by atoms with Gasteiger partial charge in [0.2, 0.25) is 5.79 Å². The molecule has 4 fully saturated rings. The zero-order chi connectivity index (χ0) is 25.6. The molecule has 0 aromatic heterocycles. The van der Waals surface area contributed by atoms with Crippen LogP contribution in [0.15, 0.2) is 18.2 Å². The van der Waals surface area contributed by atoms with Gasteiger partial charge in [-0.15, -0.1) is 13.2 Å². The van der Waals surface area contributed by atoms with E-state index < -0.39 is 51.9 Å². The summed E-state index contributed by atoms with van der Waals surface area (Å²) in [5.74, 6) is -2.61. The van der Waals surface area contributed by atoms with Crippen LogP contribution in [-0.4, -0.2) is 49.1 Å². The molecule has 5 rings (SSSR count). The van der Waals surface area contributed by atoms with Crippen LogP contribution in [0.1, 0.15) is 62.7 Å². The first-order chi connectivity index (χ1) is 16.1. The summed E-state index contributed by atoms with van der Waals surface area (Å²) < 4.78 is 92.2. The lowest BCUT2D eigenvalue weighted by atomic mass is 9.54. The topological polar surface area (TPSA) is 111 Å². The molecule has 12 heteroatoms. The minimum atomic E-state index is -5.01. The third kappa shape index (κ3) is 6.79. The molecule has 0 saturated heterocycles. The fraction of sp³-hybridized carbons (Fsp3) is 0.696. The number of carbonyl (C=O) groups is 1. The van der Waals surface area contributed by atoms with E-state index in [-0.39, 0.29) is 11.3 Å². The van der Waals surface area contributed by atoms with Crippen LogP contribution in [0.5, 0.6) is 11.5 Å². The van der Waals surface area contributed by atoms with Crippen molar-refractivity contribution in [2.45, 2.75) is 70.1 Å². The fourth-order valence-corrected chi connectivity index (χ4v) is 6.49. The van der Waals surface area contributed by atoms with Crippen LogP contribution in [0.2, 0.25) is 0 Å². The Labute approximate surface area is 201 Å². The van der Waals surface area contributed by atoms with Crippen LogP contribution in [0.25, 0.3) is 0 Å². The van der Waals surface area contributed by atoms with Crippen molar-refractivity contribution in [3.8, 4) is 11.5 Å². The van der Waals surface area contributed by atoms with Crippen LogP contribution in [-0.2, 0) is 19.6 Å². The van der Waals surface area contributed by atoms with Gasteiger partial charge in [0.25, 0.3) is 0 Å². The van der Waals surface area contributed by atoms with Crippen molar-refractivity contribution in [2.24, 2.45) is 17.8 Å². The predicted molar refractivity (Wildman–Crippen MR) is 115 cm³/mol. The molecule has 0 radical (unpaired) electrons. The van der Waals surface area contributed by atoms with Gasteiger partial charge in [-0.1, -0.05) is 0 Å². The molecule has 8 nitrogen and oxygen atoms in total. The maximum absolute atomic E-state index is 13.0. The number of alkyl halides is 3. The second kappa shape index (κ2) is 9.11. The summed E-state index contributed by atoms with van der Waals surface area (Å²) in [6.07, 6.45) is 1.20. The highest BCUT2D eigenvalue weighted by atomic mass is 32.2. The highest BCUT2D eigenvalue weighted by Crippen LogP contribution is 2.58. The molecule has 0 spiro atoms. The molecule has 4 saturated carbocycles. The van der Waals surface area contributed by atoms with Gasteiger partial charge in [-0.3, -0.25) is 0 Å². The summed E-state index contributed by atoms with van der Waals surface area (Å²) in [7, 11) is -4.60. The van der Waals surface area contributed by atoms with Crippen molar-refractivity contribution in [1.82, 2.24) is 0 Å². The molecule has 4 bridgehead atoms. The number of hydrogen-bond donors (Lipinski definition) is 0. The predicted octanol–water partition coefficient (Wildman–Crippen LogP) is 4.39. The zero-order valence-corrected chi connectivity index (χ0v) is 20.2. The molecule has 0 atom stereocenters. The first kappa shape index (κ1) is 26.0. The normalized spacial score (nSPS) is 28.1. The van der Waals surface area contributed by atoms with E-state index in [0.29, 0.717) is 17.8 Å². The summed E-state index contributed by atoms with van der Waals surface area (Å²) in [5.41, 5.74) is -0.604. The van der Waals surface area contributed by atoms with Gasteiger partial charge in [0, 0.05) is 13.8 Å². The quantitative estimate of drug-likeness (QED) is 0.267. The maximum Gasteiger partial charge on any atom is 0.573 e. The molecule has 196 valence electrons. The van der Waals surface area contributed by atoms with Crippen LogP contribution in [0, 0.1) is 17.8 Å². The summed E-state index contributed by atoms with van der Waals surface area (Å²) in [5, 5.41) is 0. The van der Waals surface area contributed by atoms with Crippen molar-refractivity contribution in [2.75, 3.05) is 12.4 Å².